The van der Waals surface area contributed by atoms with Crippen LogP contribution in [0.2, 0.25) is 0 Å². The molecule has 0 spiro atoms. The zero-order chi connectivity index (χ0) is 64.9. The number of carbonyl (C=O) groups is 2. The van der Waals surface area contributed by atoms with Crippen molar-refractivity contribution >= 4 is 11.9 Å². The van der Waals surface area contributed by atoms with Crippen LogP contribution in [0.25, 0.3) is 0 Å². The van der Waals surface area contributed by atoms with Crippen molar-refractivity contribution in [3.8, 4) is 0 Å². The Balaban J connectivity index is 3.39. The van der Waals surface area contributed by atoms with Crippen LogP contribution in [0.15, 0.2) is 48.6 Å². The fraction of sp³-hybridized carbons (Fsp3) is 0.881. The van der Waals surface area contributed by atoms with Gasteiger partial charge >= 0.3 is 5.97 Å². The normalized spacial score (nSPS) is 12.7. The Bertz CT molecular complexity index is 1500. The molecule has 0 saturated carbocycles. The topological polar surface area (TPSA) is 95.9 Å². The molecule has 2 unspecified atom stereocenters. The number of allylic oxidation sites excluding steroid dienone is 7. The molecule has 0 aliphatic carbocycles. The van der Waals surface area contributed by atoms with Crippen molar-refractivity contribution in [1.29, 1.82) is 0 Å². The summed E-state index contributed by atoms with van der Waals surface area (Å²) in [6.45, 7) is 4.94. The molecule has 3 N–H and O–H groups in total. The van der Waals surface area contributed by atoms with Crippen LogP contribution in [0, 0.1) is 0 Å². The van der Waals surface area contributed by atoms with Crippen molar-refractivity contribution in [1.82, 2.24) is 5.32 Å². The van der Waals surface area contributed by atoms with Gasteiger partial charge in [0.1, 0.15) is 0 Å². The van der Waals surface area contributed by atoms with E-state index in [1.165, 1.54) is 372 Å². The highest BCUT2D eigenvalue weighted by atomic mass is 16.5. The monoisotopic (exact) mass is 1260 g/mol. The molecule has 0 bridgehead atoms. The molecule has 0 rings (SSSR count). The van der Waals surface area contributed by atoms with Crippen LogP contribution >= 0.6 is 0 Å². The summed E-state index contributed by atoms with van der Waals surface area (Å²) in [5.74, 6) is -0.0503. The minimum absolute atomic E-state index is 0.0105. The molecule has 90 heavy (non-hydrogen) atoms. The molecule has 0 aliphatic rings. The number of aliphatic hydroxyl groups excluding tert-OH is 2. The Hall–Kier alpha value is -2.18. The summed E-state index contributed by atoms with van der Waals surface area (Å²) >= 11 is 0. The van der Waals surface area contributed by atoms with Crippen molar-refractivity contribution < 1.29 is 24.5 Å². The van der Waals surface area contributed by atoms with Gasteiger partial charge in [0.2, 0.25) is 5.91 Å². The van der Waals surface area contributed by atoms with E-state index in [1.807, 2.05) is 6.08 Å². The van der Waals surface area contributed by atoms with Gasteiger partial charge in [-0.05, 0) is 89.9 Å². The molecule has 0 aliphatic heterocycles. The molecule has 0 fully saturated rings. The lowest BCUT2D eigenvalue weighted by Gasteiger charge is -2.20. The second-order valence-electron chi connectivity index (χ2n) is 28.1. The molecule has 0 aromatic carbocycles. The number of nitrogens with one attached hydrogen (secondary N) is 1. The summed E-state index contributed by atoms with van der Waals surface area (Å²) < 4.78 is 5.49. The average Bonchev–Trinajstić information content (AvgIpc) is 3.68. The maximum atomic E-state index is 12.6. The van der Waals surface area contributed by atoms with Gasteiger partial charge in [0.25, 0.3) is 0 Å². The molecule has 2 atom stereocenters. The molecule has 6 heteroatoms. The van der Waals surface area contributed by atoms with Gasteiger partial charge in [0, 0.05) is 12.8 Å². The Morgan fingerprint density at radius 3 is 0.856 bits per heavy atom. The summed E-state index contributed by atoms with van der Waals surface area (Å²) in [6, 6.07) is -0.628. The van der Waals surface area contributed by atoms with E-state index in [2.05, 4.69) is 55.6 Å². The minimum Gasteiger partial charge on any atom is -0.466 e. The molecule has 530 valence electrons. The third-order valence-corrected chi connectivity index (χ3v) is 19.1. The molecule has 0 heterocycles. The smallest absolute Gasteiger partial charge is 0.305 e. The standard InChI is InChI=1S/C84H159NO5/c1-3-5-7-9-11-13-15-17-19-20-21-22-40-43-46-49-52-56-60-64-68-72-76-82(87)81(80-86)85-83(88)77-73-69-65-61-57-53-50-47-44-41-38-36-34-32-30-28-26-24-23-25-27-29-31-33-35-37-39-42-45-48-51-55-59-63-67-71-75-79-90-84(89)78-74-70-66-62-58-54-18-16-14-12-10-8-6-4-2/h16,18,23,25,29,31,72,76,81-82,86-87H,3-15,17,19-22,24,26-28,30,32-71,73-75,77-80H2,1-2H3,(H,85,88)/b18-16-,25-23-,31-29-,76-72+. The molecular formula is C84H159NO5. The number of hydrogen-bond donors (Lipinski definition) is 3. The Morgan fingerprint density at radius 1 is 0.311 bits per heavy atom. The van der Waals surface area contributed by atoms with E-state index in [9.17, 15) is 19.8 Å². The Kier molecular flexibility index (Phi) is 77.3. The number of carbonyl (C=O) groups excluding carboxylic acids is 2. The number of rotatable bonds is 77. The first-order valence-electron chi connectivity index (χ1n) is 40.9. The Morgan fingerprint density at radius 2 is 0.556 bits per heavy atom. The third kappa shape index (κ3) is 74.9. The Labute approximate surface area is 563 Å². The largest absolute Gasteiger partial charge is 0.466 e. The van der Waals surface area contributed by atoms with Crippen LogP contribution in [0.4, 0.5) is 0 Å². The van der Waals surface area contributed by atoms with Gasteiger partial charge < -0.3 is 20.3 Å². The lowest BCUT2D eigenvalue weighted by atomic mass is 10.0. The maximum absolute atomic E-state index is 12.6. The van der Waals surface area contributed by atoms with Gasteiger partial charge in [0.15, 0.2) is 0 Å². The highest BCUT2D eigenvalue weighted by Crippen LogP contribution is 2.20. The fourth-order valence-corrected chi connectivity index (χ4v) is 12.8. The molecule has 0 radical (unpaired) electrons. The van der Waals surface area contributed by atoms with Gasteiger partial charge in [-0.1, -0.05) is 396 Å². The number of esters is 1. The van der Waals surface area contributed by atoms with Crippen molar-refractivity contribution in [2.24, 2.45) is 0 Å². The highest BCUT2D eigenvalue weighted by molar-refractivity contribution is 5.76. The van der Waals surface area contributed by atoms with E-state index in [1.54, 1.807) is 6.08 Å². The number of amides is 1. The molecule has 0 aromatic rings. The van der Waals surface area contributed by atoms with E-state index in [0.29, 0.717) is 19.4 Å². The van der Waals surface area contributed by atoms with Gasteiger partial charge in [-0.3, -0.25) is 9.59 Å². The van der Waals surface area contributed by atoms with Crippen LogP contribution in [0.5, 0.6) is 0 Å². The van der Waals surface area contributed by atoms with Crippen LogP contribution in [-0.4, -0.2) is 47.4 Å². The van der Waals surface area contributed by atoms with Gasteiger partial charge in [0.05, 0.1) is 25.4 Å². The maximum Gasteiger partial charge on any atom is 0.305 e. The molecule has 6 nitrogen and oxygen atoms in total. The summed E-state index contributed by atoms with van der Waals surface area (Å²) in [4.78, 5) is 24.6. The van der Waals surface area contributed by atoms with Crippen LogP contribution in [0.1, 0.15) is 450 Å². The van der Waals surface area contributed by atoms with Crippen molar-refractivity contribution in [3.05, 3.63) is 48.6 Å². The number of unbranched alkanes of at least 4 members (excludes halogenated alkanes) is 60. The first-order valence-corrected chi connectivity index (χ1v) is 40.9. The lowest BCUT2D eigenvalue weighted by Crippen LogP contribution is -2.45. The second kappa shape index (κ2) is 79.3. The first-order chi connectivity index (χ1) is 44.5. The van der Waals surface area contributed by atoms with Gasteiger partial charge in [-0.2, -0.15) is 0 Å². The SMILES string of the molecule is CCCCCCC/C=C\CCCCCCCC(=O)OCCCCCCCCCCCCCCC/C=C\C/C=C\CCCCCCCCCCCCCCCCCCCC(=O)NC(CO)C(O)/C=C/CCCCCCCCCCCCCCCCCCCCCC. The molecular weight excluding hydrogens is 1100 g/mol. The minimum atomic E-state index is -0.844. The summed E-state index contributed by atoms with van der Waals surface area (Å²) in [5, 5.41) is 23.3. The summed E-state index contributed by atoms with van der Waals surface area (Å²) in [7, 11) is 0. The highest BCUT2D eigenvalue weighted by Gasteiger charge is 2.18. The average molecular weight is 1260 g/mol. The van der Waals surface area contributed by atoms with Crippen molar-refractivity contribution in [2.75, 3.05) is 13.2 Å². The first kappa shape index (κ1) is 87.8. The fourth-order valence-electron chi connectivity index (χ4n) is 12.8. The predicted octanol–water partition coefficient (Wildman–Crippen LogP) is 27.2. The van der Waals surface area contributed by atoms with E-state index >= 15 is 0 Å². The van der Waals surface area contributed by atoms with Crippen molar-refractivity contribution in [3.63, 3.8) is 0 Å². The van der Waals surface area contributed by atoms with E-state index in [0.717, 1.165) is 51.4 Å². The number of hydrogen-bond acceptors (Lipinski definition) is 5. The van der Waals surface area contributed by atoms with Gasteiger partial charge in [-0.25, -0.2) is 0 Å². The van der Waals surface area contributed by atoms with Crippen LogP contribution in [0.3, 0.4) is 0 Å². The summed E-state index contributed by atoms with van der Waals surface area (Å²) in [5.41, 5.74) is 0. The van der Waals surface area contributed by atoms with Gasteiger partial charge in [-0.15, -0.1) is 0 Å². The van der Waals surface area contributed by atoms with E-state index in [4.69, 9.17) is 4.74 Å². The van der Waals surface area contributed by atoms with Crippen LogP contribution < -0.4 is 5.32 Å². The third-order valence-electron chi connectivity index (χ3n) is 19.1. The molecule has 0 saturated heterocycles. The summed E-state index contributed by atoms with van der Waals surface area (Å²) in [6.07, 6.45) is 105. The van der Waals surface area contributed by atoms with Crippen LogP contribution in [-0.2, 0) is 14.3 Å². The predicted molar refractivity (Wildman–Crippen MR) is 398 cm³/mol. The quantitative estimate of drug-likeness (QED) is 0.0320. The van der Waals surface area contributed by atoms with Crippen molar-refractivity contribution in [2.45, 2.75) is 463 Å². The van der Waals surface area contributed by atoms with E-state index < -0.39 is 12.1 Å². The zero-order valence-corrected chi connectivity index (χ0v) is 60.9. The molecule has 0 aromatic heterocycles. The lowest BCUT2D eigenvalue weighted by molar-refractivity contribution is -0.143. The number of ether oxygens (including phenoxy) is 1. The zero-order valence-electron chi connectivity index (χ0n) is 60.9. The molecule has 1 amide bonds. The van der Waals surface area contributed by atoms with E-state index in [-0.39, 0.29) is 18.5 Å². The second-order valence-corrected chi connectivity index (χ2v) is 28.1. The number of aliphatic hydroxyl groups is 2.